The van der Waals surface area contributed by atoms with E-state index in [0.717, 1.165) is 17.8 Å². The van der Waals surface area contributed by atoms with Gasteiger partial charge in [0.05, 0.1) is 17.9 Å². The molecule has 9 heteroatoms. The number of benzene rings is 1. The molecule has 1 unspecified atom stereocenters. The lowest BCUT2D eigenvalue weighted by Gasteiger charge is -2.14. The van der Waals surface area contributed by atoms with E-state index >= 15 is 0 Å². The largest absolute Gasteiger partial charge is 0.355 e. The fraction of sp³-hybridized carbons (Fsp3) is 0.400. The molecular formula is C20H24N6O2S. The molecule has 29 heavy (non-hydrogen) atoms. The molecule has 152 valence electrons. The van der Waals surface area contributed by atoms with Crippen LogP contribution in [0.4, 0.5) is 0 Å². The standard InChI is InChI=1S/C20H24N6O2S/c1-13-6-4-5-7-16(13)26-18-15(11-22-26)19(28)25-14(12-29-20(25)23-18)10-17(27)21-8-9-24(2)3/h4-7,11,14H,8-10,12H2,1-3H3,(H,21,27). The van der Waals surface area contributed by atoms with Crippen molar-refractivity contribution in [2.45, 2.75) is 24.5 Å². The van der Waals surface area contributed by atoms with Gasteiger partial charge in [-0.1, -0.05) is 30.0 Å². The molecule has 0 spiro atoms. The van der Waals surface area contributed by atoms with Gasteiger partial charge in [-0.3, -0.25) is 14.2 Å². The van der Waals surface area contributed by atoms with E-state index in [1.165, 1.54) is 11.8 Å². The normalized spacial score (nSPS) is 15.8. The van der Waals surface area contributed by atoms with Crippen LogP contribution in [0.1, 0.15) is 18.0 Å². The highest BCUT2D eigenvalue weighted by Crippen LogP contribution is 2.33. The average Bonchev–Trinajstić information content (AvgIpc) is 3.27. The number of likely N-dealkylation sites (N-methyl/N-ethyl adjacent to an activating group) is 1. The predicted molar refractivity (Wildman–Crippen MR) is 114 cm³/mol. The van der Waals surface area contributed by atoms with Crippen molar-refractivity contribution >= 4 is 28.7 Å². The van der Waals surface area contributed by atoms with Gasteiger partial charge in [-0.15, -0.1) is 0 Å². The molecule has 0 bridgehead atoms. The number of rotatable bonds is 6. The number of fused-ring (bicyclic) bond motifs is 2. The van der Waals surface area contributed by atoms with Gasteiger partial charge in [0.25, 0.3) is 5.56 Å². The SMILES string of the molecule is Cc1ccccc1-n1ncc2c(=O)n3c(nc21)SCC3CC(=O)NCCN(C)C. The third-order valence-corrected chi connectivity index (χ3v) is 6.11. The van der Waals surface area contributed by atoms with Crippen LogP contribution in [0.15, 0.2) is 40.4 Å². The van der Waals surface area contributed by atoms with Gasteiger partial charge in [-0.05, 0) is 32.6 Å². The molecule has 0 aliphatic carbocycles. The number of nitrogens with one attached hydrogen (secondary N) is 1. The molecule has 0 saturated heterocycles. The number of hydrogen-bond donors (Lipinski definition) is 1. The molecular weight excluding hydrogens is 388 g/mol. The fourth-order valence-electron chi connectivity index (χ4n) is 3.46. The van der Waals surface area contributed by atoms with Crippen LogP contribution in [-0.2, 0) is 4.79 Å². The van der Waals surface area contributed by atoms with Crippen molar-refractivity contribution in [2.75, 3.05) is 32.9 Å². The quantitative estimate of drug-likeness (QED) is 0.619. The molecule has 0 saturated carbocycles. The van der Waals surface area contributed by atoms with Crippen molar-refractivity contribution in [2.24, 2.45) is 0 Å². The Bertz CT molecular complexity index is 1120. The average molecular weight is 413 g/mol. The number of hydrogen-bond acceptors (Lipinski definition) is 6. The molecule has 0 fully saturated rings. The first-order valence-corrected chi connectivity index (χ1v) is 10.5. The third-order valence-electron chi connectivity index (χ3n) is 5.02. The summed E-state index contributed by atoms with van der Waals surface area (Å²) in [6.45, 7) is 3.37. The molecule has 1 N–H and O–H groups in total. The zero-order valence-corrected chi connectivity index (χ0v) is 17.6. The molecule has 4 rings (SSSR count). The van der Waals surface area contributed by atoms with Crippen LogP contribution in [0.3, 0.4) is 0 Å². The summed E-state index contributed by atoms with van der Waals surface area (Å²) < 4.78 is 3.37. The van der Waals surface area contributed by atoms with E-state index in [-0.39, 0.29) is 23.9 Å². The van der Waals surface area contributed by atoms with Gasteiger partial charge in [-0.25, -0.2) is 9.67 Å². The summed E-state index contributed by atoms with van der Waals surface area (Å²) in [4.78, 5) is 32.2. The van der Waals surface area contributed by atoms with Crippen LogP contribution in [0, 0.1) is 6.92 Å². The van der Waals surface area contributed by atoms with Crippen LogP contribution in [0.2, 0.25) is 0 Å². The van der Waals surface area contributed by atoms with Crippen LogP contribution in [-0.4, -0.2) is 63.1 Å². The van der Waals surface area contributed by atoms with Gasteiger partial charge < -0.3 is 10.2 Å². The Morgan fingerprint density at radius 3 is 2.90 bits per heavy atom. The lowest BCUT2D eigenvalue weighted by molar-refractivity contribution is -0.121. The Hall–Kier alpha value is -2.65. The Morgan fingerprint density at radius 1 is 1.34 bits per heavy atom. The number of thioether (sulfide) groups is 1. The summed E-state index contributed by atoms with van der Waals surface area (Å²) in [6, 6.07) is 7.68. The highest BCUT2D eigenvalue weighted by Gasteiger charge is 2.29. The molecule has 8 nitrogen and oxygen atoms in total. The van der Waals surface area contributed by atoms with Gasteiger partial charge in [-0.2, -0.15) is 5.10 Å². The highest BCUT2D eigenvalue weighted by molar-refractivity contribution is 7.99. The first kappa shape index (κ1) is 19.7. The van der Waals surface area contributed by atoms with Crippen molar-refractivity contribution < 1.29 is 4.79 Å². The monoisotopic (exact) mass is 412 g/mol. The van der Waals surface area contributed by atoms with Crippen molar-refractivity contribution in [3.05, 3.63) is 46.4 Å². The number of aryl methyl sites for hydroxylation is 1. The Balaban J connectivity index is 1.63. The third kappa shape index (κ3) is 3.79. The molecule has 2 aromatic heterocycles. The summed E-state index contributed by atoms with van der Waals surface area (Å²) in [7, 11) is 3.92. The summed E-state index contributed by atoms with van der Waals surface area (Å²) in [5.41, 5.74) is 2.37. The van der Waals surface area contributed by atoms with E-state index in [1.54, 1.807) is 15.4 Å². The van der Waals surface area contributed by atoms with Gasteiger partial charge >= 0.3 is 0 Å². The maximum Gasteiger partial charge on any atom is 0.265 e. The first-order valence-electron chi connectivity index (χ1n) is 9.56. The van der Waals surface area contributed by atoms with Crippen LogP contribution in [0.5, 0.6) is 0 Å². The van der Waals surface area contributed by atoms with Gasteiger partial charge in [0, 0.05) is 25.3 Å². The number of amides is 1. The lowest BCUT2D eigenvalue weighted by atomic mass is 10.2. The van der Waals surface area contributed by atoms with Gasteiger partial charge in [0.1, 0.15) is 5.39 Å². The first-order chi connectivity index (χ1) is 14.0. The molecule has 3 heterocycles. The molecule has 1 atom stereocenters. The molecule has 3 aromatic rings. The van der Waals surface area contributed by atoms with E-state index < -0.39 is 0 Å². The number of para-hydroxylation sites is 1. The zero-order chi connectivity index (χ0) is 20.5. The van der Waals surface area contributed by atoms with Crippen LogP contribution < -0.4 is 10.9 Å². The molecule has 1 aliphatic rings. The van der Waals surface area contributed by atoms with E-state index in [1.807, 2.05) is 50.2 Å². The second-order valence-electron chi connectivity index (χ2n) is 7.47. The fourth-order valence-corrected chi connectivity index (χ4v) is 4.59. The highest BCUT2D eigenvalue weighted by atomic mass is 32.2. The smallest absolute Gasteiger partial charge is 0.265 e. The minimum absolute atomic E-state index is 0.0482. The summed E-state index contributed by atoms with van der Waals surface area (Å²) in [6.07, 6.45) is 1.84. The van der Waals surface area contributed by atoms with E-state index in [0.29, 0.717) is 28.5 Å². The number of carbonyl (C=O) groups is 1. The maximum atomic E-state index is 13.2. The second-order valence-corrected chi connectivity index (χ2v) is 8.46. The molecule has 1 amide bonds. The Morgan fingerprint density at radius 2 is 2.14 bits per heavy atom. The topological polar surface area (TPSA) is 85.0 Å². The van der Waals surface area contributed by atoms with E-state index in [9.17, 15) is 9.59 Å². The number of nitrogens with zero attached hydrogens (tertiary/aromatic N) is 5. The molecule has 1 aliphatic heterocycles. The van der Waals surface area contributed by atoms with Crippen molar-refractivity contribution in [3.63, 3.8) is 0 Å². The summed E-state index contributed by atoms with van der Waals surface area (Å²) >= 11 is 1.51. The van der Waals surface area contributed by atoms with E-state index in [4.69, 9.17) is 4.98 Å². The minimum atomic E-state index is -0.194. The van der Waals surface area contributed by atoms with Crippen LogP contribution >= 0.6 is 11.8 Å². The van der Waals surface area contributed by atoms with Crippen molar-refractivity contribution in [1.82, 2.24) is 29.5 Å². The second kappa shape index (κ2) is 8.00. The van der Waals surface area contributed by atoms with Crippen LogP contribution in [0.25, 0.3) is 16.7 Å². The maximum absolute atomic E-state index is 13.2. The van der Waals surface area contributed by atoms with E-state index in [2.05, 4.69) is 10.4 Å². The summed E-state index contributed by atoms with van der Waals surface area (Å²) in [5.74, 6) is 0.612. The lowest BCUT2D eigenvalue weighted by Crippen LogP contribution is -2.34. The predicted octanol–water partition coefficient (Wildman–Crippen LogP) is 1.61. The zero-order valence-electron chi connectivity index (χ0n) is 16.8. The van der Waals surface area contributed by atoms with Crippen molar-refractivity contribution in [3.8, 4) is 5.69 Å². The van der Waals surface area contributed by atoms with Gasteiger partial charge in [0.15, 0.2) is 10.8 Å². The Labute approximate surface area is 172 Å². The number of aromatic nitrogens is 4. The van der Waals surface area contributed by atoms with Crippen molar-refractivity contribution in [1.29, 1.82) is 0 Å². The van der Waals surface area contributed by atoms with Gasteiger partial charge in [0.2, 0.25) is 5.91 Å². The molecule has 0 radical (unpaired) electrons. The summed E-state index contributed by atoms with van der Waals surface area (Å²) in [5, 5.41) is 8.45. The number of carbonyl (C=O) groups excluding carboxylic acids is 1. The molecule has 1 aromatic carbocycles. The Kier molecular flexibility index (Phi) is 5.42. The minimum Gasteiger partial charge on any atom is -0.355 e.